The summed E-state index contributed by atoms with van der Waals surface area (Å²) in [6.45, 7) is 0. The van der Waals surface area contributed by atoms with Crippen molar-refractivity contribution in [2.75, 3.05) is 0 Å². The number of hydrogen-bond acceptors (Lipinski definition) is 4. The van der Waals surface area contributed by atoms with Crippen molar-refractivity contribution in [2.24, 2.45) is 0 Å². The predicted molar refractivity (Wildman–Crippen MR) is 49.6 cm³/mol. The van der Waals surface area contributed by atoms with Gasteiger partial charge in [0.1, 0.15) is 11.2 Å². The fourth-order valence-electron chi connectivity index (χ4n) is 0.858. The molecule has 0 fully saturated rings. The van der Waals surface area contributed by atoms with Crippen LogP contribution in [-0.4, -0.2) is 20.8 Å². The van der Waals surface area contributed by atoms with Gasteiger partial charge in [-0.15, -0.1) is 0 Å². The standard InChI is InChI=1S/C7H4ClN3OS/c8-6-5(3-12)13-7(10-6)11-2-1-9-4-11/h1-4H. The molecule has 0 saturated carbocycles. The highest BCUT2D eigenvalue weighted by atomic mass is 35.5. The van der Waals surface area contributed by atoms with Crippen molar-refractivity contribution in [3.63, 3.8) is 0 Å². The van der Waals surface area contributed by atoms with Gasteiger partial charge in [-0.2, -0.15) is 0 Å². The highest BCUT2D eigenvalue weighted by Gasteiger charge is 2.08. The van der Waals surface area contributed by atoms with Gasteiger partial charge in [0.25, 0.3) is 0 Å². The van der Waals surface area contributed by atoms with Crippen molar-refractivity contribution < 1.29 is 4.79 Å². The fraction of sp³-hybridized carbons (Fsp3) is 0. The Bertz CT molecular complexity index is 423. The first kappa shape index (κ1) is 8.40. The molecule has 0 unspecified atom stereocenters. The third kappa shape index (κ3) is 1.48. The molecule has 0 saturated heterocycles. The summed E-state index contributed by atoms with van der Waals surface area (Å²) in [6, 6.07) is 0. The molecular weight excluding hydrogens is 210 g/mol. The number of rotatable bonds is 2. The SMILES string of the molecule is O=Cc1sc(-n2ccnc2)nc1Cl. The zero-order valence-electron chi connectivity index (χ0n) is 6.35. The average molecular weight is 214 g/mol. The normalized spacial score (nSPS) is 10.2. The molecule has 4 nitrogen and oxygen atoms in total. The van der Waals surface area contributed by atoms with Gasteiger partial charge in [-0.25, -0.2) is 9.97 Å². The van der Waals surface area contributed by atoms with E-state index >= 15 is 0 Å². The summed E-state index contributed by atoms with van der Waals surface area (Å²) in [6.07, 6.45) is 5.67. The number of nitrogens with zero attached hydrogens (tertiary/aromatic N) is 3. The minimum absolute atomic E-state index is 0.240. The van der Waals surface area contributed by atoms with Crippen LogP contribution in [0.2, 0.25) is 5.15 Å². The Balaban J connectivity index is 2.48. The molecule has 0 aliphatic carbocycles. The van der Waals surface area contributed by atoms with E-state index in [1.54, 1.807) is 23.3 Å². The Morgan fingerprint density at radius 3 is 3.00 bits per heavy atom. The number of aldehydes is 1. The van der Waals surface area contributed by atoms with E-state index in [1.807, 2.05) is 0 Å². The smallest absolute Gasteiger partial charge is 0.196 e. The van der Waals surface area contributed by atoms with Crippen LogP contribution >= 0.6 is 22.9 Å². The highest BCUT2D eigenvalue weighted by molar-refractivity contribution is 7.16. The number of aromatic nitrogens is 3. The van der Waals surface area contributed by atoms with Crippen molar-refractivity contribution in [3.8, 4) is 5.13 Å². The summed E-state index contributed by atoms with van der Waals surface area (Å²) in [5, 5.41) is 0.883. The van der Waals surface area contributed by atoms with Gasteiger partial charge in [0.2, 0.25) is 0 Å². The van der Waals surface area contributed by atoms with E-state index in [2.05, 4.69) is 9.97 Å². The van der Waals surface area contributed by atoms with Gasteiger partial charge in [-0.05, 0) is 0 Å². The van der Waals surface area contributed by atoms with Crippen molar-refractivity contribution in [3.05, 3.63) is 28.8 Å². The van der Waals surface area contributed by atoms with Crippen LogP contribution in [0.5, 0.6) is 0 Å². The number of thiazole rings is 1. The number of imidazole rings is 1. The summed E-state index contributed by atoms with van der Waals surface area (Å²) in [7, 11) is 0. The summed E-state index contributed by atoms with van der Waals surface area (Å²) < 4.78 is 1.70. The van der Waals surface area contributed by atoms with Crippen molar-refractivity contribution in [1.82, 2.24) is 14.5 Å². The second-order valence-electron chi connectivity index (χ2n) is 2.24. The van der Waals surface area contributed by atoms with Crippen molar-refractivity contribution in [1.29, 1.82) is 0 Å². The second-order valence-corrected chi connectivity index (χ2v) is 3.61. The van der Waals surface area contributed by atoms with Gasteiger partial charge in [0, 0.05) is 12.4 Å². The summed E-state index contributed by atoms with van der Waals surface area (Å²) in [5.41, 5.74) is 0. The van der Waals surface area contributed by atoms with E-state index in [1.165, 1.54) is 11.3 Å². The molecule has 2 heterocycles. The lowest BCUT2D eigenvalue weighted by Gasteiger charge is -1.90. The predicted octanol–water partition coefficient (Wildman–Crippen LogP) is 1.79. The number of carbonyl (C=O) groups excluding carboxylic acids is 1. The minimum Gasteiger partial charge on any atom is -0.297 e. The van der Waals surface area contributed by atoms with Gasteiger partial charge < -0.3 is 0 Å². The molecule has 13 heavy (non-hydrogen) atoms. The van der Waals surface area contributed by atoms with E-state index in [0.29, 0.717) is 16.3 Å². The molecule has 2 aromatic heterocycles. The first-order valence-corrected chi connectivity index (χ1v) is 4.60. The van der Waals surface area contributed by atoms with Crippen LogP contribution in [0, 0.1) is 0 Å². The zero-order chi connectivity index (χ0) is 9.26. The van der Waals surface area contributed by atoms with Gasteiger partial charge >= 0.3 is 0 Å². The maximum absolute atomic E-state index is 10.5. The Morgan fingerprint density at radius 2 is 2.46 bits per heavy atom. The molecule has 2 rings (SSSR count). The minimum atomic E-state index is 0.240. The number of hydrogen-bond donors (Lipinski definition) is 0. The van der Waals surface area contributed by atoms with E-state index in [9.17, 15) is 4.79 Å². The molecule has 0 radical (unpaired) electrons. The summed E-state index contributed by atoms with van der Waals surface area (Å²) in [5.74, 6) is 0. The van der Waals surface area contributed by atoms with Crippen LogP contribution in [0.4, 0.5) is 0 Å². The maximum Gasteiger partial charge on any atom is 0.196 e. The molecule has 0 atom stereocenters. The van der Waals surface area contributed by atoms with E-state index < -0.39 is 0 Å². The first-order chi connectivity index (χ1) is 6.31. The zero-order valence-corrected chi connectivity index (χ0v) is 7.92. The lowest BCUT2D eigenvalue weighted by atomic mass is 10.6. The summed E-state index contributed by atoms with van der Waals surface area (Å²) >= 11 is 6.93. The number of carbonyl (C=O) groups is 1. The topological polar surface area (TPSA) is 47.8 Å². The maximum atomic E-state index is 10.5. The number of halogens is 1. The van der Waals surface area contributed by atoms with Gasteiger partial charge in [-0.1, -0.05) is 22.9 Å². The lowest BCUT2D eigenvalue weighted by molar-refractivity contribution is 0.112. The molecule has 0 aliphatic rings. The molecule has 0 amide bonds. The van der Waals surface area contributed by atoms with Gasteiger partial charge in [-0.3, -0.25) is 9.36 Å². The molecule has 6 heteroatoms. The molecule has 0 bridgehead atoms. The monoisotopic (exact) mass is 213 g/mol. The largest absolute Gasteiger partial charge is 0.297 e. The Hall–Kier alpha value is -1.20. The van der Waals surface area contributed by atoms with Crippen molar-refractivity contribution in [2.45, 2.75) is 0 Å². The second kappa shape index (κ2) is 3.27. The average Bonchev–Trinajstić information content (AvgIpc) is 2.71. The molecule has 0 N–H and O–H groups in total. The third-order valence-electron chi connectivity index (χ3n) is 1.43. The van der Waals surface area contributed by atoms with E-state index in [-0.39, 0.29) is 5.15 Å². The molecule has 0 aromatic carbocycles. The Morgan fingerprint density at radius 1 is 1.62 bits per heavy atom. The Labute approximate surface area is 82.8 Å². The molecule has 2 aromatic rings. The quantitative estimate of drug-likeness (QED) is 0.715. The van der Waals surface area contributed by atoms with Crippen LogP contribution in [0.25, 0.3) is 5.13 Å². The van der Waals surface area contributed by atoms with Crippen LogP contribution in [0.1, 0.15) is 9.67 Å². The first-order valence-electron chi connectivity index (χ1n) is 3.41. The van der Waals surface area contributed by atoms with E-state index in [0.717, 1.165) is 0 Å². The van der Waals surface area contributed by atoms with E-state index in [4.69, 9.17) is 11.6 Å². The molecule has 0 spiro atoms. The lowest BCUT2D eigenvalue weighted by Crippen LogP contribution is -1.86. The highest BCUT2D eigenvalue weighted by Crippen LogP contribution is 2.23. The molecule has 66 valence electrons. The van der Waals surface area contributed by atoms with Gasteiger partial charge in [0.05, 0.1) is 0 Å². The summed E-state index contributed by atoms with van der Waals surface area (Å²) in [4.78, 5) is 18.8. The Kier molecular flexibility index (Phi) is 2.12. The van der Waals surface area contributed by atoms with Crippen LogP contribution in [0.3, 0.4) is 0 Å². The van der Waals surface area contributed by atoms with Crippen LogP contribution in [0.15, 0.2) is 18.7 Å². The van der Waals surface area contributed by atoms with Crippen LogP contribution in [-0.2, 0) is 0 Å². The third-order valence-corrected chi connectivity index (χ3v) is 2.83. The van der Waals surface area contributed by atoms with Crippen LogP contribution < -0.4 is 0 Å². The molecule has 0 aliphatic heterocycles. The van der Waals surface area contributed by atoms with Gasteiger partial charge in [0.15, 0.2) is 16.6 Å². The fourth-order valence-corrected chi connectivity index (χ4v) is 1.87. The molecular formula is C7H4ClN3OS. The van der Waals surface area contributed by atoms with Crippen molar-refractivity contribution >= 4 is 29.2 Å².